The molecule has 1 aliphatic heterocycles. The minimum Gasteiger partial charge on any atom is -0.385 e. The molecule has 1 aromatic carbocycles. The van der Waals surface area contributed by atoms with Gasteiger partial charge in [-0.3, -0.25) is 4.79 Å². The van der Waals surface area contributed by atoms with Gasteiger partial charge in [0.15, 0.2) is 0 Å². The Hall–Kier alpha value is -1.35. The van der Waals surface area contributed by atoms with Crippen molar-refractivity contribution in [2.24, 2.45) is 0 Å². The maximum atomic E-state index is 12.4. The third kappa shape index (κ3) is 3.83. The first kappa shape index (κ1) is 15.0. The van der Waals surface area contributed by atoms with Crippen LogP contribution in [0, 0.1) is 6.92 Å². The number of piperidine rings is 1. The van der Waals surface area contributed by atoms with E-state index in [2.05, 4.69) is 36.1 Å². The minimum absolute atomic E-state index is 0.263. The van der Waals surface area contributed by atoms with Gasteiger partial charge in [-0.2, -0.15) is 0 Å². The number of aryl methyl sites for hydroxylation is 1. The van der Waals surface area contributed by atoms with Crippen molar-refractivity contribution in [1.82, 2.24) is 4.90 Å². The summed E-state index contributed by atoms with van der Waals surface area (Å²) in [6.45, 7) is 3.65. The molecule has 0 aromatic heterocycles. The van der Waals surface area contributed by atoms with Crippen molar-refractivity contribution in [2.75, 3.05) is 20.3 Å². The number of rotatable bonds is 5. The Bertz CT molecular complexity index is 427. The minimum atomic E-state index is 0.263. The first-order valence-electron chi connectivity index (χ1n) is 7.57. The van der Waals surface area contributed by atoms with Crippen molar-refractivity contribution in [3.8, 4) is 0 Å². The molecule has 0 radical (unpaired) electrons. The molecule has 1 amide bonds. The lowest BCUT2D eigenvalue weighted by molar-refractivity contribution is -0.135. The lowest BCUT2D eigenvalue weighted by Gasteiger charge is -2.36. The van der Waals surface area contributed by atoms with Crippen LogP contribution in [0.2, 0.25) is 0 Å². The molecule has 1 unspecified atom stereocenters. The van der Waals surface area contributed by atoms with Gasteiger partial charge >= 0.3 is 0 Å². The standard InChI is InChI=1S/C17H25NO2/c1-14-8-10-15(11-9-14)16-6-3-4-12-18(16)17(19)7-5-13-20-2/h8-11,16H,3-7,12-13H2,1-2H3. The highest BCUT2D eigenvalue weighted by molar-refractivity contribution is 5.76. The molecule has 1 atom stereocenters. The zero-order valence-corrected chi connectivity index (χ0v) is 12.6. The summed E-state index contributed by atoms with van der Waals surface area (Å²) in [5.41, 5.74) is 2.54. The second kappa shape index (κ2) is 7.44. The molecule has 1 heterocycles. The van der Waals surface area contributed by atoms with Gasteiger partial charge in [0.2, 0.25) is 5.91 Å². The van der Waals surface area contributed by atoms with E-state index in [-0.39, 0.29) is 11.9 Å². The highest BCUT2D eigenvalue weighted by atomic mass is 16.5. The van der Waals surface area contributed by atoms with Crippen molar-refractivity contribution < 1.29 is 9.53 Å². The van der Waals surface area contributed by atoms with Gasteiger partial charge in [-0.25, -0.2) is 0 Å². The van der Waals surface area contributed by atoms with Crippen LogP contribution in [0.4, 0.5) is 0 Å². The molecule has 1 aliphatic rings. The number of methoxy groups -OCH3 is 1. The van der Waals surface area contributed by atoms with Crippen molar-refractivity contribution in [1.29, 1.82) is 0 Å². The maximum absolute atomic E-state index is 12.4. The fourth-order valence-electron chi connectivity index (χ4n) is 2.88. The molecule has 0 aliphatic carbocycles. The Morgan fingerprint density at radius 1 is 1.30 bits per heavy atom. The van der Waals surface area contributed by atoms with Crippen LogP contribution in [0.1, 0.15) is 49.3 Å². The smallest absolute Gasteiger partial charge is 0.223 e. The second-order valence-corrected chi connectivity index (χ2v) is 5.61. The summed E-state index contributed by atoms with van der Waals surface area (Å²) in [6, 6.07) is 8.87. The molecule has 1 saturated heterocycles. The van der Waals surface area contributed by atoms with Crippen molar-refractivity contribution in [3.05, 3.63) is 35.4 Å². The molecule has 20 heavy (non-hydrogen) atoms. The molecule has 1 fully saturated rings. The van der Waals surface area contributed by atoms with E-state index in [1.54, 1.807) is 7.11 Å². The Labute approximate surface area is 121 Å². The fourth-order valence-corrected chi connectivity index (χ4v) is 2.88. The molecule has 0 spiro atoms. The van der Waals surface area contributed by atoms with E-state index in [1.807, 2.05) is 0 Å². The normalized spacial score (nSPS) is 19.1. The lowest BCUT2D eigenvalue weighted by Crippen LogP contribution is -2.38. The van der Waals surface area contributed by atoms with Crippen molar-refractivity contribution in [3.63, 3.8) is 0 Å². The zero-order valence-electron chi connectivity index (χ0n) is 12.6. The number of nitrogens with zero attached hydrogens (tertiary/aromatic N) is 1. The van der Waals surface area contributed by atoms with Crippen molar-refractivity contribution in [2.45, 2.75) is 45.1 Å². The van der Waals surface area contributed by atoms with Gasteiger partial charge in [0, 0.05) is 26.7 Å². The number of carbonyl (C=O) groups excluding carboxylic acids is 1. The van der Waals surface area contributed by atoms with Crippen LogP contribution in [-0.4, -0.2) is 31.1 Å². The molecule has 0 bridgehead atoms. The average Bonchev–Trinajstić information content (AvgIpc) is 2.48. The number of benzene rings is 1. The quantitative estimate of drug-likeness (QED) is 0.770. The van der Waals surface area contributed by atoms with Gasteiger partial charge in [-0.1, -0.05) is 29.8 Å². The van der Waals surface area contributed by atoms with Gasteiger partial charge in [-0.15, -0.1) is 0 Å². The predicted octanol–water partition coefficient (Wildman–Crippen LogP) is 3.48. The number of ether oxygens (including phenoxy) is 1. The monoisotopic (exact) mass is 275 g/mol. The second-order valence-electron chi connectivity index (χ2n) is 5.61. The summed E-state index contributed by atoms with van der Waals surface area (Å²) in [6.07, 6.45) is 4.82. The number of hydrogen-bond acceptors (Lipinski definition) is 2. The maximum Gasteiger partial charge on any atom is 0.223 e. The summed E-state index contributed by atoms with van der Waals surface area (Å²) >= 11 is 0. The molecule has 3 heteroatoms. The van der Waals surface area contributed by atoms with E-state index >= 15 is 0 Å². The fraction of sp³-hybridized carbons (Fsp3) is 0.588. The van der Waals surface area contributed by atoms with E-state index in [0.29, 0.717) is 13.0 Å². The molecule has 1 aromatic rings. The summed E-state index contributed by atoms with van der Waals surface area (Å²) in [5, 5.41) is 0. The van der Waals surface area contributed by atoms with Gasteiger partial charge < -0.3 is 9.64 Å². The van der Waals surface area contributed by atoms with E-state index < -0.39 is 0 Å². The highest BCUT2D eigenvalue weighted by Gasteiger charge is 2.27. The van der Waals surface area contributed by atoms with Gasteiger partial charge in [0.05, 0.1) is 6.04 Å². The molecule has 110 valence electrons. The Morgan fingerprint density at radius 3 is 2.75 bits per heavy atom. The molecule has 0 N–H and O–H groups in total. The van der Waals surface area contributed by atoms with Crippen molar-refractivity contribution >= 4 is 5.91 Å². The van der Waals surface area contributed by atoms with E-state index in [9.17, 15) is 4.79 Å². The van der Waals surface area contributed by atoms with E-state index in [1.165, 1.54) is 17.5 Å². The number of amides is 1. The van der Waals surface area contributed by atoms with Crippen LogP contribution in [0.5, 0.6) is 0 Å². The van der Waals surface area contributed by atoms with E-state index in [0.717, 1.165) is 25.8 Å². The number of carbonyl (C=O) groups is 1. The third-order valence-corrected chi connectivity index (χ3v) is 4.02. The van der Waals surface area contributed by atoms with Gasteiger partial charge in [0.25, 0.3) is 0 Å². The summed E-state index contributed by atoms with van der Waals surface area (Å²) in [4.78, 5) is 14.5. The Morgan fingerprint density at radius 2 is 2.05 bits per heavy atom. The van der Waals surface area contributed by atoms with Crippen LogP contribution in [-0.2, 0) is 9.53 Å². The Balaban J connectivity index is 2.04. The van der Waals surface area contributed by atoms with Crippen LogP contribution in [0.3, 0.4) is 0 Å². The summed E-state index contributed by atoms with van der Waals surface area (Å²) in [7, 11) is 1.68. The van der Waals surface area contributed by atoms with Crippen LogP contribution < -0.4 is 0 Å². The third-order valence-electron chi connectivity index (χ3n) is 4.02. The molecule has 3 nitrogen and oxygen atoms in total. The Kier molecular flexibility index (Phi) is 5.60. The van der Waals surface area contributed by atoms with E-state index in [4.69, 9.17) is 4.74 Å². The summed E-state index contributed by atoms with van der Waals surface area (Å²) in [5.74, 6) is 0.271. The first-order chi connectivity index (χ1) is 9.72. The van der Waals surface area contributed by atoms with Crippen LogP contribution in [0.25, 0.3) is 0 Å². The SMILES string of the molecule is COCCCC(=O)N1CCCCC1c1ccc(C)cc1. The molecular formula is C17H25NO2. The van der Waals surface area contributed by atoms with Gasteiger partial charge in [-0.05, 0) is 38.2 Å². The highest BCUT2D eigenvalue weighted by Crippen LogP contribution is 2.31. The number of hydrogen-bond donors (Lipinski definition) is 0. The topological polar surface area (TPSA) is 29.5 Å². The largest absolute Gasteiger partial charge is 0.385 e. The predicted molar refractivity (Wildman–Crippen MR) is 80.6 cm³/mol. The molecule has 2 rings (SSSR count). The van der Waals surface area contributed by atoms with Crippen LogP contribution in [0.15, 0.2) is 24.3 Å². The number of likely N-dealkylation sites (tertiary alicyclic amines) is 1. The zero-order chi connectivity index (χ0) is 14.4. The first-order valence-corrected chi connectivity index (χ1v) is 7.57. The molecule has 0 saturated carbocycles. The van der Waals surface area contributed by atoms with Gasteiger partial charge in [0.1, 0.15) is 0 Å². The lowest BCUT2D eigenvalue weighted by atomic mass is 9.94. The van der Waals surface area contributed by atoms with Crippen LogP contribution >= 0.6 is 0 Å². The summed E-state index contributed by atoms with van der Waals surface area (Å²) < 4.78 is 5.03. The average molecular weight is 275 g/mol. The molecular weight excluding hydrogens is 250 g/mol.